The minimum atomic E-state index is -0.676. The van der Waals surface area contributed by atoms with E-state index in [1.165, 1.54) is 42.7 Å². The number of nitrogens with one attached hydrogen (secondary N) is 1. The number of hydrogen-bond donors (Lipinski definition) is 2. The molecular formula is C25H27F2N5OS. The highest BCUT2D eigenvalue weighted by molar-refractivity contribution is 7.23. The van der Waals surface area contributed by atoms with Crippen LogP contribution in [0.1, 0.15) is 41.6 Å². The molecule has 1 aliphatic rings. The highest BCUT2D eigenvalue weighted by Gasteiger charge is 2.16. The van der Waals surface area contributed by atoms with Crippen molar-refractivity contribution in [2.45, 2.75) is 32.2 Å². The summed E-state index contributed by atoms with van der Waals surface area (Å²) in [5, 5.41) is 3.02. The molecule has 2 aromatic heterocycles. The number of amides is 1. The zero-order chi connectivity index (χ0) is 23.7. The topological polar surface area (TPSA) is 75.7 Å². The smallest absolute Gasteiger partial charge is 0.251 e. The molecule has 6 nitrogen and oxygen atoms in total. The molecule has 1 amide bonds. The summed E-state index contributed by atoms with van der Waals surface area (Å²) in [7, 11) is 0. The van der Waals surface area contributed by atoms with Crippen molar-refractivity contribution in [1.82, 2.24) is 19.6 Å². The first-order valence-corrected chi connectivity index (χ1v) is 12.5. The number of aromatic nitrogens is 2. The summed E-state index contributed by atoms with van der Waals surface area (Å²) < 4.78 is 31.1. The van der Waals surface area contributed by atoms with Crippen LogP contribution in [-0.2, 0) is 6.54 Å². The SMILES string of the molecule is NCc1c(F)cc(-c2cn3c(n2)sc2cc(C(=O)NCCCN4CCCCC4)ccc23)cc1F. The van der Waals surface area contributed by atoms with Crippen LogP contribution in [0.15, 0.2) is 36.5 Å². The van der Waals surface area contributed by atoms with E-state index in [9.17, 15) is 13.6 Å². The van der Waals surface area contributed by atoms with Crippen molar-refractivity contribution in [3.8, 4) is 11.3 Å². The second kappa shape index (κ2) is 9.77. The van der Waals surface area contributed by atoms with Gasteiger partial charge in [0.2, 0.25) is 0 Å². The number of likely N-dealkylation sites (tertiary alicyclic amines) is 1. The number of benzene rings is 2. The predicted octanol–water partition coefficient (Wildman–Crippen LogP) is 4.56. The van der Waals surface area contributed by atoms with Crippen LogP contribution in [0.5, 0.6) is 0 Å². The van der Waals surface area contributed by atoms with Crippen molar-refractivity contribution in [2.75, 3.05) is 26.2 Å². The van der Waals surface area contributed by atoms with Crippen LogP contribution in [0.25, 0.3) is 26.4 Å². The third-order valence-corrected chi connectivity index (χ3v) is 7.40. The molecule has 0 spiro atoms. The Morgan fingerprint density at radius 1 is 1.12 bits per heavy atom. The number of hydrogen-bond acceptors (Lipinski definition) is 5. The van der Waals surface area contributed by atoms with E-state index in [-0.39, 0.29) is 18.0 Å². The Bertz CT molecular complexity index is 1320. The van der Waals surface area contributed by atoms with Crippen LogP contribution in [0.2, 0.25) is 0 Å². The number of nitrogens with zero attached hydrogens (tertiary/aromatic N) is 3. The van der Waals surface area contributed by atoms with E-state index in [4.69, 9.17) is 5.73 Å². The maximum absolute atomic E-state index is 14.2. The average molecular weight is 484 g/mol. The van der Waals surface area contributed by atoms with Crippen molar-refractivity contribution in [3.05, 3.63) is 59.3 Å². The monoisotopic (exact) mass is 483 g/mol. The summed E-state index contributed by atoms with van der Waals surface area (Å²) >= 11 is 1.43. The fourth-order valence-corrected chi connectivity index (χ4v) is 5.56. The van der Waals surface area contributed by atoms with Crippen molar-refractivity contribution < 1.29 is 13.6 Å². The number of carbonyl (C=O) groups is 1. The zero-order valence-corrected chi connectivity index (χ0v) is 19.6. The number of rotatable bonds is 7. The predicted molar refractivity (Wildman–Crippen MR) is 131 cm³/mol. The molecular weight excluding hydrogens is 456 g/mol. The summed E-state index contributed by atoms with van der Waals surface area (Å²) in [5.74, 6) is -1.44. The molecule has 3 N–H and O–H groups in total. The maximum Gasteiger partial charge on any atom is 0.251 e. The highest BCUT2D eigenvalue weighted by atomic mass is 32.1. The maximum atomic E-state index is 14.2. The summed E-state index contributed by atoms with van der Waals surface area (Å²) in [6, 6.07) is 8.06. The molecule has 0 aliphatic carbocycles. The second-order valence-electron chi connectivity index (χ2n) is 8.70. The standard InChI is InChI=1S/C25H27F2N5OS/c26-19-11-17(12-20(27)18(19)14-28)21-15-32-22-6-5-16(13-23(22)34-25(32)30-21)24(33)29-7-4-10-31-8-2-1-3-9-31/h5-6,11-13,15H,1-4,7-10,14,28H2,(H,29,33). The van der Waals surface area contributed by atoms with E-state index in [1.54, 1.807) is 12.3 Å². The lowest BCUT2D eigenvalue weighted by atomic mass is 10.1. The van der Waals surface area contributed by atoms with Crippen molar-refractivity contribution in [3.63, 3.8) is 0 Å². The van der Waals surface area contributed by atoms with Crippen molar-refractivity contribution >= 4 is 32.4 Å². The first kappa shape index (κ1) is 22.9. The number of piperidine rings is 1. The van der Waals surface area contributed by atoms with E-state index >= 15 is 0 Å². The summed E-state index contributed by atoms with van der Waals surface area (Å²) in [6.45, 7) is 3.80. The lowest BCUT2D eigenvalue weighted by molar-refractivity contribution is 0.0951. The lowest BCUT2D eigenvalue weighted by Crippen LogP contribution is -2.33. The molecule has 0 unspecified atom stereocenters. The quantitative estimate of drug-likeness (QED) is 0.378. The minimum absolute atomic E-state index is 0.0850. The average Bonchev–Trinajstić information content (AvgIpc) is 3.40. The number of fused-ring (bicyclic) bond motifs is 3. The Kier molecular flexibility index (Phi) is 6.58. The molecule has 34 heavy (non-hydrogen) atoms. The molecule has 0 atom stereocenters. The number of imidazole rings is 1. The van der Waals surface area contributed by atoms with Gasteiger partial charge < -0.3 is 16.0 Å². The minimum Gasteiger partial charge on any atom is -0.352 e. The molecule has 0 saturated carbocycles. The van der Waals surface area contributed by atoms with Crippen LogP contribution < -0.4 is 11.1 Å². The molecule has 9 heteroatoms. The van der Waals surface area contributed by atoms with Crippen LogP contribution >= 0.6 is 11.3 Å². The largest absolute Gasteiger partial charge is 0.352 e. The Morgan fingerprint density at radius 2 is 1.88 bits per heavy atom. The number of carbonyl (C=O) groups excluding carboxylic acids is 1. The molecule has 1 saturated heterocycles. The fourth-order valence-electron chi connectivity index (χ4n) is 4.52. The van der Waals surface area contributed by atoms with Gasteiger partial charge in [-0.15, -0.1) is 0 Å². The van der Waals surface area contributed by atoms with E-state index in [1.807, 2.05) is 16.5 Å². The van der Waals surface area contributed by atoms with E-state index in [0.29, 0.717) is 28.3 Å². The lowest BCUT2D eigenvalue weighted by Gasteiger charge is -2.26. The second-order valence-corrected chi connectivity index (χ2v) is 9.71. The number of nitrogens with two attached hydrogens (primary N) is 1. The molecule has 178 valence electrons. The molecule has 4 aromatic rings. The number of thiazole rings is 1. The van der Waals surface area contributed by atoms with E-state index in [2.05, 4.69) is 15.2 Å². The zero-order valence-electron chi connectivity index (χ0n) is 18.8. The first-order valence-electron chi connectivity index (χ1n) is 11.6. The molecule has 1 fully saturated rings. The van der Waals surface area contributed by atoms with E-state index < -0.39 is 11.6 Å². The van der Waals surface area contributed by atoms with Crippen LogP contribution in [0.3, 0.4) is 0 Å². The van der Waals surface area contributed by atoms with Gasteiger partial charge in [-0.1, -0.05) is 17.8 Å². The Morgan fingerprint density at radius 3 is 2.62 bits per heavy atom. The number of halogens is 2. The molecule has 3 heterocycles. The molecule has 1 aliphatic heterocycles. The van der Waals surface area contributed by atoms with Gasteiger partial charge >= 0.3 is 0 Å². The van der Waals surface area contributed by atoms with Gasteiger partial charge in [-0.25, -0.2) is 13.8 Å². The Labute approximate surface area is 200 Å². The van der Waals surface area contributed by atoms with Gasteiger partial charge in [0.1, 0.15) is 11.6 Å². The summed E-state index contributed by atoms with van der Waals surface area (Å²) in [6.07, 6.45) is 6.56. The van der Waals surface area contributed by atoms with Gasteiger partial charge in [0.05, 0.1) is 15.9 Å². The van der Waals surface area contributed by atoms with Crippen molar-refractivity contribution in [1.29, 1.82) is 0 Å². The van der Waals surface area contributed by atoms with Crippen molar-refractivity contribution in [2.24, 2.45) is 5.73 Å². The Balaban J connectivity index is 1.29. The summed E-state index contributed by atoms with van der Waals surface area (Å²) in [4.78, 5) is 20.3. The van der Waals surface area contributed by atoms with Gasteiger partial charge in [-0.2, -0.15) is 0 Å². The summed E-state index contributed by atoms with van der Waals surface area (Å²) in [5.41, 5.74) is 7.62. The van der Waals surface area contributed by atoms with Gasteiger partial charge in [-0.05, 0) is 69.2 Å². The van der Waals surface area contributed by atoms with Crippen LogP contribution in [-0.4, -0.2) is 46.4 Å². The fraction of sp³-hybridized carbons (Fsp3) is 0.360. The van der Waals surface area contributed by atoms with Crippen LogP contribution in [0, 0.1) is 11.6 Å². The molecule has 0 radical (unpaired) electrons. The van der Waals surface area contributed by atoms with E-state index in [0.717, 1.165) is 36.3 Å². The van der Waals surface area contributed by atoms with Gasteiger partial charge in [-0.3, -0.25) is 9.20 Å². The molecule has 2 aromatic carbocycles. The normalized spacial score (nSPS) is 14.8. The Hall–Kier alpha value is -2.88. The third-order valence-electron chi connectivity index (χ3n) is 6.38. The van der Waals surface area contributed by atoms with Gasteiger partial charge in [0, 0.05) is 36.0 Å². The highest BCUT2D eigenvalue weighted by Crippen LogP contribution is 2.31. The molecule has 5 rings (SSSR count). The van der Waals surface area contributed by atoms with Gasteiger partial charge in [0.15, 0.2) is 4.96 Å². The van der Waals surface area contributed by atoms with Gasteiger partial charge in [0.25, 0.3) is 5.91 Å². The first-order chi connectivity index (χ1) is 16.5. The third kappa shape index (κ3) is 4.55. The molecule has 0 bridgehead atoms. The van der Waals surface area contributed by atoms with Crippen LogP contribution in [0.4, 0.5) is 8.78 Å².